The fourth-order valence-electron chi connectivity index (χ4n) is 5.78. The maximum atomic E-state index is 13.8. The van der Waals surface area contributed by atoms with Crippen molar-refractivity contribution < 1.29 is 43.3 Å². The first-order valence-corrected chi connectivity index (χ1v) is 16.4. The number of rotatable bonds is 14. The molecule has 1 aliphatic heterocycles. The van der Waals surface area contributed by atoms with Crippen LogP contribution in [0.1, 0.15) is 88.9 Å². The molecular formula is C34H48N4O9. The molecule has 0 aliphatic carbocycles. The number of aromatic amines is 1. The largest absolute Gasteiger partial charge is 0.469 e. The minimum Gasteiger partial charge on any atom is -0.469 e. The van der Waals surface area contributed by atoms with Crippen molar-refractivity contribution in [2.24, 2.45) is 11.8 Å². The van der Waals surface area contributed by atoms with Gasteiger partial charge < -0.3 is 35.5 Å². The molecule has 13 nitrogen and oxygen atoms in total. The van der Waals surface area contributed by atoms with Gasteiger partial charge in [-0.25, -0.2) is 4.79 Å². The molecule has 0 radical (unpaired) electrons. The van der Waals surface area contributed by atoms with Gasteiger partial charge in [0.05, 0.1) is 19.6 Å². The average molecular weight is 657 g/mol. The molecule has 1 aromatic carbocycles. The van der Waals surface area contributed by atoms with E-state index in [1.54, 1.807) is 31.2 Å². The topological polar surface area (TPSA) is 193 Å². The van der Waals surface area contributed by atoms with Crippen LogP contribution < -0.4 is 16.0 Å². The van der Waals surface area contributed by atoms with E-state index in [4.69, 9.17) is 9.47 Å². The Morgan fingerprint density at radius 3 is 2.32 bits per heavy atom. The lowest BCUT2D eigenvalue weighted by molar-refractivity contribution is -0.161. The van der Waals surface area contributed by atoms with Gasteiger partial charge in [0.1, 0.15) is 12.1 Å². The van der Waals surface area contributed by atoms with Crippen LogP contribution in [0.15, 0.2) is 30.5 Å². The number of nitrogens with one attached hydrogen (secondary N) is 4. The summed E-state index contributed by atoms with van der Waals surface area (Å²) in [5, 5.41) is 18.0. The van der Waals surface area contributed by atoms with E-state index >= 15 is 0 Å². The Hall–Kier alpha value is -4.26. The molecule has 1 aliphatic rings. The smallest absolute Gasteiger partial charge is 0.331 e. The van der Waals surface area contributed by atoms with Gasteiger partial charge in [0, 0.05) is 29.1 Å². The molecule has 6 atom stereocenters. The summed E-state index contributed by atoms with van der Waals surface area (Å²) in [6.45, 7) is 4.71. The molecule has 2 heterocycles. The Labute approximate surface area is 274 Å². The van der Waals surface area contributed by atoms with Crippen LogP contribution in [0.25, 0.3) is 10.9 Å². The predicted octanol–water partition coefficient (Wildman–Crippen LogP) is 2.70. The Morgan fingerprint density at radius 2 is 1.62 bits per heavy atom. The van der Waals surface area contributed by atoms with E-state index in [-0.39, 0.29) is 24.3 Å². The van der Waals surface area contributed by atoms with Gasteiger partial charge in [-0.2, -0.15) is 0 Å². The number of fused-ring (bicyclic) bond motifs is 1. The molecular weight excluding hydrogens is 608 g/mol. The molecule has 0 bridgehead atoms. The third-order valence-corrected chi connectivity index (χ3v) is 8.68. The summed E-state index contributed by atoms with van der Waals surface area (Å²) < 4.78 is 10.5. The number of esters is 2. The normalized spacial score (nSPS) is 23.3. The van der Waals surface area contributed by atoms with Crippen molar-refractivity contribution in [2.45, 2.75) is 103 Å². The van der Waals surface area contributed by atoms with Crippen LogP contribution in [0.3, 0.4) is 0 Å². The highest BCUT2D eigenvalue weighted by Gasteiger charge is 2.40. The van der Waals surface area contributed by atoms with Crippen molar-refractivity contribution in [1.29, 1.82) is 0 Å². The number of methoxy groups -OCH3 is 1. The Bertz CT molecular complexity index is 1410. The summed E-state index contributed by atoms with van der Waals surface area (Å²) in [6.07, 6.45) is 6.94. The molecule has 13 heteroatoms. The van der Waals surface area contributed by atoms with E-state index in [1.807, 2.05) is 6.92 Å². The van der Waals surface area contributed by atoms with Crippen LogP contribution in [0.4, 0.5) is 0 Å². The number of aliphatic hydroxyl groups excluding tert-OH is 1. The summed E-state index contributed by atoms with van der Waals surface area (Å²) in [4.78, 5) is 83.1. The molecule has 1 aromatic heterocycles. The number of carbonyl (C=O) groups is 6. The number of amides is 3. The van der Waals surface area contributed by atoms with Crippen LogP contribution in [-0.4, -0.2) is 83.5 Å². The first-order valence-electron chi connectivity index (χ1n) is 16.4. The van der Waals surface area contributed by atoms with Crippen molar-refractivity contribution in [3.05, 3.63) is 36.0 Å². The van der Waals surface area contributed by atoms with Crippen molar-refractivity contribution in [2.75, 3.05) is 13.7 Å². The maximum Gasteiger partial charge on any atom is 0.331 e. The lowest BCUT2D eigenvalue weighted by Gasteiger charge is -2.31. The minimum atomic E-state index is -1.86. The number of Topliss-reactive ketones (excluding diaryl/α,β-unsaturated/α-hetero) is 1. The van der Waals surface area contributed by atoms with Gasteiger partial charge in [0.2, 0.25) is 11.8 Å². The van der Waals surface area contributed by atoms with Gasteiger partial charge in [-0.3, -0.25) is 24.0 Å². The lowest BCUT2D eigenvalue weighted by Crippen LogP contribution is -2.58. The number of aromatic nitrogens is 1. The molecule has 47 heavy (non-hydrogen) atoms. The summed E-state index contributed by atoms with van der Waals surface area (Å²) in [6, 6.07) is 2.09. The Balaban J connectivity index is 1.96. The standard InChI is InChI=1S/C34H48N4O9/c1-5-6-7-8-9-10-13-20(2)30-21(3)31(42)36-25(16-17-27(40)46-4)32(43)38-28(33(44)37-26(19-39)34(45)47-30)29(41)23-18-35-24-15-12-11-14-22(23)24/h11-12,14-15,18,20-21,25-26,28,30,35,39H,5-10,13,16-17,19H2,1-4H3,(H,36,42)(H,37,44)(H,38,43)/t20-,21+,25-,26+,28+,30+/m1/s1. The molecule has 0 unspecified atom stereocenters. The number of cyclic esters (lactones) is 1. The second kappa shape index (κ2) is 18.2. The molecule has 0 spiro atoms. The van der Waals surface area contributed by atoms with Crippen LogP contribution in [0.2, 0.25) is 0 Å². The second-order valence-electron chi connectivity index (χ2n) is 12.2. The predicted molar refractivity (Wildman–Crippen MR) is 173 cm³/mol. The molecule has 1 saturated heterocycles. The molecule has 0 saturated carbocycles. The third kappa shape index (κ3) is 10.1. The molecule has 5 N–H and O–H groups in total. The Morgan fingerprint density at radius 1 is 0.936 bits per heavy atom. The summed E-state index contributed by atoms with van der Waals surface area (Å²) >= 11 is 0. The van der Waals surface area contributed by atoms with Crippen LogP contribution >= 0.6 is 0 Å². The highest BCUT2D eigenvalue weighted by Crippen LogP contribution is 2.25. The average Bonchev–Trinajstić information content (AvgIpc) is 3.50. The Kier molecular flexibility index (Phi) is 14.4. The van der Waals surface area contributed by atoms with E-state index in [2.05, 4.69) is 27.9 Å². The van der Waals surface area contributed by atoms with E-state index in [0.717, 1.165) is 38.5 Å². The van der Waals surface area contributed by atoms with Gasteiger partial charge in [0.25, 0.3) is 5.91 Å². The number of H-pyrrole nitrogens is 1. The second-order valence-corrected chi connectivity index (χ2v) is 12.2. The monoisotopic (exact) mass is 656 g/mol. The van der Waals surface area contributed by atoms with E-state index in [0.29, 0.717) is 17.3 Å². The SMILES string of the molecule is CCCCCCCC[C@@H](C)[C@@H]1OC(=O)[C@H](CO)NC(=O)[C@H](C(=O)c2c[nH]c3ccccc23)NC(=O)[C@@H](CCC(=O)OC)NC(=O)[C@H]1C. The van der Waals surface area contributed by atoms with Crippen molar-refractivity contribution in [3.8, 4) is 0 Å². The number of unbranched alkanes of at least 4 members (excludes halogenated alkanes) is 5. The number of carbonyl (C=O) groups excluding carboxylic acids is 6. The zero-order valence-electron chi connectivity index (χ0n) is 27.6. The number of hydrogen-bond donors (Lipinski definition) is 5. The molecule has 3 rings (SSSR count). The zero-order chi connectivity index (χ0) is 34.5. The molecule has 3 amide bonds. The van der Waals surface area contributed by atoms with E-state index in [1.165, 1.54) is 13.3 Å². The maximum absolute atomic E-state index is 13.8. The zero-order valence-corrected chi connectivity index (χ0v) is 27.6. The number of ketones is 1. The number of aliphatic hydroxyl groups is 1. The number of hydrogen-bond acceptors (Lipinski definition) is 9. The van der Waals surface area contributed by atoms with E-state index < -0.39 is 72.2 Å². The van der Waals surface area contributed by atoms with Crippen LogP contribution in [0, 0.1) is 11.8 Å². The highest BCUT2D eigenvalue weighted by atomic mass is 16.5. The van der Waals surface area contributed by atoms with E-state index in [9.17, 15) is 33.9 Å². The highest BCUT2D eigenvalue weighted by molar-refractivity contribution is 6.20. The van der Waals surface area contributed by atoms with Crippen molar-refractivity contribution >= 4 is 46.3 Å². The van der Waals surface area contributed by atoms with Crippen LogP contribution in [-0.2, 0) is 33.4 Å². The van der Waals surface area contributed by atoms with Gasteiger partial charge in [-0.1, -0.05) is 77.5 Å². The lowest BCUT2D eigenvalue weighted by atomic mass is 9.88. The fourth-order valence-corrected chi connectivity index (χ4v) is 5.78. The van der Waals surface area contributed by atoms with Gasteiger partial charge in [-0.05, 0) is 24.8 Å². The van der Waals surface area contributed by atoms with Gasteiger partial charge >= 0.3 is 11.9 Å². The first-order chi connectivity index (χ1) is 22.5. The quantitative estimate of drug-likeness (QED) is 0.0880. The van der Waals surface area contributed by atoms with Crippen LogP contribution in [0.5, 0.6) is 0 Å². The minimum absolute atomic E-state index is 0.0980. The fraction of sp³-hybridized carbons (Fsp3) is 0.588. The first kappa shape index (κ1) is 37.2. The summed E-state index contributed by atoms with van der Waals surface area (Å²) in [5.41, 5.74) is 0.711. The summed E-state index contributed by atoms with van der Waals surface area (Å²) in [5.74, 6) is -6.22. The summed E-state index contributed by atoms with van der Waals surface area (Å²) in [7, 11) is 1.19. The van der Waals surface area contributed by atoms with Gasteiger partial charge in [0.15, 0.2) is 17.9 Å². The number of para-hydroxylation sites is 1. The molecule has 2 aromatic rings. The van der Waals surface area contributed by atoms with Crippen molar-refractivity contribution in [1.82, 2.24) is 20.9 Å². The number of ether oxygens (including phenoxy) is 2. The third-order valence-electron chi connectivity index (χ3n) is 8.68. The van der Waals surface area contributed by atoms with Crippen molar-refractivity contribution in [3.63, 3.8) is 0 Å². The molecule has 1 fully saturated rings. The van der Waals surface area contributed by atoms with Gasteiger partial charge in [-0.15, -0.1) is 0 Å². The number of benzene rings is 1. The molecule has 258 valence electrons.